The van der Waals surface area contributed by atoms with E-state index < -0.39 is 0 Å². The molecule has 1 aromatic carbocycles. The van der Waals surface area contributed by atoms with Crippen LogP contribution in [0.15, 0.2) is 30.5 Å². The van der Waals surface area contributed by atoms with Gasteiger partial charge in [-0.1, -0.05) is 23.8 Å². The van der Waals surface area contributed by atoms with Crippen LogP contribution in [-0.4, -0.2) is 15.9 Å². The van der Waals surface area contributed by atoms with Crippen LogP contribution in [0.25, 0.3) is 16.4 Å². The first-order chi connectivity index (χ1) is 8.70. The third-order valence-corrected chi connectivity index (χ3v) is 3.44. The van der Waals surface area contributed by atoms with Gasteiger partial charge in [0.05, 0.1) is 5.69 Å². The van der Waals surface area contributed by atoms with Crippen molar-refractivity contribution < 1.29 is 0 Å². The fraction of sp³-hybridized carbons (Fsp3) is 0.267. The molecule has 0 atom stereocenters. The van der Waals surface area contributed by atoms with E-state index in [0.29, 0.717) is 6.54 Å². The predicted octanol–water partition coefficient (Wildman–Crippen LogP) is 2.61. The molecule has 0 saturated carbocycles. The van der Waals surface area contributed by atoms with E-state index in [4.69, 9.17) is 10.7 Å². The van der Waals surface area contributed by atoms with Gasteiger partial charge in [0, 0.05) is 23.7 Å². The van der Waals surface area contributed by atoms with Crippen LogP contribution in [0.4, 0.5) is 0 Å². The van der Waals surface area contributed by atoms with Crippen LogP contribution in [0, 0.1) is 13.8 Å². The van der Waals surface area contributed by atoms with Crippen molar-refractivity contribution in [2.75, 3.05) is 6.54 Å². The Hall–Kier alpha value is -1.87. The lowest BCUT2D eigenvalue weighted by atomic mass is 10.1. The number of hydrogen-bond acceptors (Lipinski definition) is 2. The first-order valence-corrected chi connectivity index (χ1v) is 6.27. The molecule has 2 aromatic heterocycles. The summed E-state index contributed by atoms with van der Waals surface area (Å²) in [5.74, 6) is 0. The van der Waals surface area contributed by atoms with Crippen molar-refractivity contribution >= 4 is 16.4 Å². The predicted molar refractivity (Wildman–Crippen MR) is 74.9 cm³/mol. The normalized spacial score (nSPS) is 11.5. The molecule has 0 spiro atoms. The van der Waals surface area contributed by atoms with E-state index in [2.05, 4.69) is 48.7 Å². The first-order valence-electron chi connectivity index (χ1n) is 6.27. The smallest absolute Gasteiger partial charge is 0.145 e. The number of fused-ring (bicyclic) bond motifs is 3. The molecule has 0 saturated heterocycles. The second-order valence-electron chi connectivity index (χ2n) is 4.78. The Morgan fingerprint density at radius 3 is 2.83 bits per heavy atom. The van der Waals surface area contributed by atoms with Crippen LogP contribution in [0.1, 0.15) is 17.0 Å². The Labute approximate surface area is 106 Å². The summed E-state index contributed by atoms with van der Waals surface area (Å²) < 4.78 is 2.17. The van der Waals surface area contributed by atoms with Gasteiger partial charge in [-0.3, -0.25) is 0 Å². The average molecular weight is 239 g/mol. The number of nitrogens with two attached hydrogens (primary N) is 1. The summed E-state index contributed by atoms with van der Waals surface area (Å²) in [6, 6.07) is 8.63. The Bertz CT molecular complexity index is 725. The molecule has 3 aromatic rings. The second-order valence-corrected chi connectivity index (χ2v) is 4.78. The van der Waals surface area contributed by atoms with Crippen molar-refractivity contribution in [2.24, 2.45) is 5.73 Å². The minimum absolute atomic E-state index is 0.653. The standard InChI is InChI=1S/C15H17N3/c1-10-3-4-13-12(9-10)6-8-18-14(5-7-16)11(2)17-15(13)18/h3-4,6,8-9H,5,7,16H2,1-2H3. The average Bonchev–Trinajstić information content (AvgIpc) is 2.66. The third-order valence-electron chi connectivity index (χ3n) is 3.44. The Morgan fingerprint density at radius 2 is 2.06 bits per heavy atom. The molecule has 92 valence electrons. The number of rotatable bonds is 2. The van der Waals surface area contributed by atoms with Crippen LogP contribution < -0.4 is 5.73 Å². The lowest BCUT2D eigenvalue weighted by Gasteiger charge is -2.04. The zero-order valence-electron chi connectivity index (χ0n) is 10.8. The van der Waals surface area contributed by atoms with Crippen LogP contribution in [0.5, 0.6) is 0 Å². The summed E-state index contributed by atoms with van der Waals surface area (Å²) >= 11 is 0. The number of aryl methyl sites for hydroxylation is 2. The first kappa shape index (κ1) is 11.2. The lowest BCUT2D eigenvalue weighted by Crippen LogP contribution is -2.06. The molecule has 0 unspecified atom stereocenters. The summed E-state index contributed by atoms with van der Waals surface area (Å²) in [6.45, 7) is 4.82. The van der Waals surface area contributed by atoms with Crippen molar-refractivity contribution in [2.45, 2.75) is 20.3 Å². The summed E-state index contributed by atoms with van der Waals surface area (Å²) in [4.78, 5) is 4.70. The van der Waals surface area contributed by atoms with Gasteiger partial charge in [-0.25, -0.2) is 4.98 Å². The molecule has 3 heteroatoms. The maximum absolute atomic E-state index is 5.67. The molecule has 0 aliphatic rings. The van der Waals surface area contributed by atoms with Gasteiger partial charge in [-0.2, -0.15) is 0 Å². The highest BCUT2D eigenvalue weighted by Crippen LogP contribution is 2.23. The van der Waals surface area contributed by atoms with Crippen LogP contribution >= 0.6 is 0 Å². The van der Waals surface area contributed by atoms with Crippen molar-refractivity contribution in [3.63, 3.8) is 0 Å². The van der Waals surface area contributed by atoms with Gasteiger partial charge in [0.15, 0.2) is 0 Å². The molecule has 3 nitrogen and oxygen atoms in total. The second kappa shape index (κ2) is 4.10. The Balaban J connectivity index is 2.38. The molecule has 2 N–H and O–H groups in total. The molecule has 0 fully saturated rings. The highest BCUT2D eigenvalue weighted by atomic mass is 15.0. The minimum atomic E-state index is 0.653. The van der Waals surface area contributed by atoms with Gasteiger partial charge in [-0.15, -0.1) is 0 Å². The van der Waals surface area contributed by atoms with Crippen molar-refractivity contribution in [3.8, 4) is 0 Å². The summed E-state index contributed by atoms with van der Waals surface area (Å²) in [5, 5.41) is 2.45. The number of hydrogen-bond donors (Lipinski definition) is 1. The molecule has 0 bridgehead atoms. The highest BCUT2D eigenvalue weighted by molar-refractivity contribution is 5.94. The van der Waals surface area contributed by atoms with Crippen molar-refractivity contribution in [1.29, 1.82) is 0 Å². The number of benzene rings is 1. The number of aromatic nitrogens is 2. The molecule has 2 heterocycles. The van der Waals surface area contributed by atoms with E-state index in [9.17, 15) is 0 Å². The molecule has 0 aliphatic heterocycles. The summed E-state index contributed by atoms with van der Waals surface area (Å²) in [6.07, 6.45) is 2.96. The summed E-state index contributed by atoms with van der Waals surface area (Å²) in [7, 11) is 0. The van der Waals surface area contributed by atoms with Gasteiger partial charge >= 0.3 is 0 Å². The van der Waals surface area contributed by atoms with E-state index in [1.807, 2.05) is 0 Å². The monoisotopic (exact) mass is 239 g/mol. The molecular weight excluding hydrogens is 222 g/mol. The SMILES string of the molecule is Cc1ccc2c(ccn3c(CCN)c(C)nc23)c1. The van der Waals surface area contributed by atoms with Crippen molar-refractivity contribution in [3.05, 3.63) is 47.4 Å². The molecule has 3 rings (SSSR count). The molecule has 0 aliphatic carbocycles. The number of imidazole rings is 1. The van der Waals surface area contributed by atoms with Gasteiger partial charge in [-0.05, 0) is 31.8 Å². The quantitative estimate of drug-likeness (QED) is 0.747. The number of pyridine rings is 1. The van der Waals surface area contributed by atoms with Gasteiger partial charge in [0.25, 0.3) is 0 Å². The van der Waals surface area contributed by atoms with Gasteiger partial charge in [0.2, 0.25) is 0 Å². The maximum Gasteiger partial charge on any atom is 0.145 e. The topological polar surface area (TPSA) is 43.3 Å². The summed E-state index contributed by atoms with van der Waals surface area (Å²) in [5.41, 5.74) is 10.3. The number of nitrogens with zero attached hydrogens (tertiary/aromatic N) is 2. The molecule has 18 heavy (non-hydrogen) atoms. The van der Waals surface area contributed by atoms with E-state index in [1.165, 1.54) is 22.0 Å². The van der Waals surface area contributed by atoms with E-state index in [1.54, 1.807) is 0 Å². The van der Waals surface area contributed by atoms with Crippen LogP contribution in [0.2, 0.25) is 0 Å². The van der Waals surface area contributed by atoms with Gasteiger partial charge < -0.3 is 10.1 Å². The lowest BCUT2D eigenvalue weighted by molar-refractivity contribution is 0.895. The maximum atomic E-state index is 5.67. The minimum Gasteiger partial charge on any atom is -0.330 e. The van der Waals surface area contributed by atoms with E-state index in [-0.39, 0.29) is 0 Å². The zero-order chi connectivity index (χ0) is 12.7. The highest BCUT2D eigenvalue weighted by Gasteiger charge is 2.10. The van der Waals surface area contributed by atoms with Crippen molar-refractivity contribution in [1.82, 2.24) is 9.38 Å². The van der Waals surface area contributed by atoms with E-state index >= 15 is 0 Å². The Kier molecular flexibility index (Phi) is 2.56. The fourth-order valence-corrected chi connectivity index (χ4v) is 2.55. The molecule has 0 radical (unpaired) electrons. The van der Waals surface area contributed by atoms with Crippen LogP contribution in [0.3, 0.4) is 0 Å². The third kappa shape index (κ3) is 1.59. The molecule has 0 amide bonds. The molecular formula is C15H17N3. The Morgan fingerprint density at radius 1 is 1.22 bits per heavy atom. The zero-order valence-corrected chi connectivity index (χ0v) is 10.8. The fourth-order valence-electron chi connectivity index (χ4n) is 2.55. The van der Waals surface area contributed by atoms with E-state index in [0.717, 1.165) is 17.8 Å². The van der Waals surface area contributed by atoms with Crippen LogP contribution in [-0.2, 0) is 6.42 Å². The largest absolute Gasteiger partial charge is 0.330 e. The van der Waals surface area contributed by atoms with Gasteiger partial charge in [0.1, 0.15) is 5.65 Å².